The molecule has 0 aliphatic carbocycles. The minimum absolute atomic E-state index is 0.0311. The molecule has 0 saturated heterocycles. The molecule has 0 heterocycles. The molecule has 0 aliphatic rings. The lowest BCUT2D eigenvalue weighted by Crippen LogP contribution is -2.31. The van der Waals surface area contributed by atoms with Crippen molar-refractivity contribution in [1.82, 2.24) is 5.32 Å². The number of carbonyl (C=O) groups is 3. The maximum absolute atomic E-state index is 14.1. The third kappa shape index (κ3) is 8.22. The van der Waals surface area contributed by atoms with Gasteiger partial charge in [-0.15, -0.1) is 11.8 Å². The molecule has 0 aliphatic heterocycles. The SMILES string of the molecule is CC(C)NC(=O)CSc1ccccc1C(=O)Nc1ccc(F)c(NC(=O)OC(C)(C)C)c1. The number of hydrogen-bond acceptors (Lipinski definition) is 5. The van der Waals surface area contributed by atoms with Crippen LogP contribution in [-0.4, -0.2) is 35.3 Å². The Morgan fingerprint density at radius 1 is 1.06 bits per heavy atom. The average molecular weight is 462 g/mol. The van der Waals surface area contributed by atoms with Crippen LogP contribution in [0.2, 0.25) is 0 Å². The van der Waals surface area contributed by atoms with Crippen molar-refractivity contribution in [3.05, 3.63) is 53.8 Å². The van der Waals surface area contributed by atoms with Crippen LogP contribution < -0.4 is 16.0 Å². The largest absolute Gasteiger partial charge is 0.444 e. The van der Waals surface area contributed by atoms with Crippen molar-refractivity contribution in [1.29, 1.82) is 0 Å². The van der Waals surface area contributed by atoms with Crippen molar-refractivity contribution in [2.75, 3.05) is 16.4 Å². The number of thioether (sulfide) groups is 1. The zero-order chi connectivity index (χ0) is 23.9. The first kappa shape index (κ1) is 25.2. The van der Waals surface area contributed by atoms with Crippen molar-refractivity contribution < 1.29 is 23.5 Å². The molecule has 3 amide bonds. The summed E-state index contributed by atoms with van der Waals surface area (Å²) in [6, 6.07) is 10.8. The summed E-state index contributed by atoms with van der Waals surface area (Å²) in [6.45, 7) is 8.84. The quantitative estimate of drug-likeness (QED) is 0.502. The Kier molecular flexibility index (Phi) is 8.65. The van der Waals surface area contributed by atoms with E-state index in [1.165, 1.54) is 23.9 Å². The number of nitrogens with one attached hydrogen (secondary N) is 3. The van der Waals surface area contributed by atoms with Gasteiger partial charge in [-0.25, -0.2) is 9.18 Å². The number of ether oxygens (including phenoxy) is 1. The highest BCUT2D eigenvalue weighted by molar-refractivity contribution is 8.00. The van der Waals surface area contributed by atoms with Crippen LogP contribution in [0, 0.1) is 5.82 Å². The van der Waals surface area contributed by atoms with Crippen LogP contribution in [0.3, 0.4) is 0 Å². The van der Waals surface area contributed by atoms with Crippen molar-refractivity contribution in [3.8, 4) is 0 Å². The van der Waals surface area contributed by atoms with Gasteiger partial charge in [-0.1, -0.05) is 12.1 Å². The van der Waals surface area contributed by atoms with Crippen LogP contribution in [0.5, 0.6) is 0 Å². The van der Waals surface area contributed by atoms with Crippen LogP contribution >= 0.6 is 11.8 Å². The lowest BCUT2D eigenvalue weighted by molar-refractivity contribution is -0.119. The summed E-state index contributed by atoms with van der Waals surface area (Å²) in [7, 11) is 0. The maximum atomic E-state index is 14.1. The van der Waals surface area contributed by atoms with Gasteiger partial charge in [0.15, 0.2) is 0 Å². The summed E-state index contributed by atoms with van der Waals surface area (Å²) in [5.74, 6) is -1.05. The summed E-state index contributed by atoms with van der Waals surface area (Å²) in [5, 5.41) is 7.84. The first-order valence-electron chi connectivity index (χ1n) is 10.1. The van der Waals surface area contributed by atoms with Gasteiger partial charge in [0.25, 0.3) is 5.91 Å². The Morgan fingerprint density at radius 3 is 2.41 bits per heavy atom. The monoisotopic (exact) mass is 461 g/mol. The summed E-state index contributed by atoms with van der Waals surface area (Å²) in [5.41, 5.74) is -0.189. The minimum atomic E-state index is -0.804. The third-order valence-electron chi connectivity index (χ3n) is 3.80. The molecule has 0 radical (unpaired) electrons. The van der Waals surface area contributed by atoms with Gasteiger partial charge in [-0.3, -0.25) is 14.9 Å². The van der Waals surface area contributed by atoms with Crippen LogP contribution in [0.4, 0.5) is 20.6 Å². The van der Waals surface area contributed by atoms with Gasteiger partial charge in [0.05, 0.1) is 17.0 Å². The lowest BCUT2D eigenvalue weighted by Gasteiger charge is -2.20. The fraction of sp³-hybridized carbons (Fsp3) is 0.348. The number of halogens is 1. The van der Waals surface area contributed by atoms with E-state index in [-0.39, 0.29) is 23.4 Å². The second-order valence-electron chi connectivity index (χ2n) is 8.28. The molecule has 0 spiro atoms. The number of anilines is 2. The van der Waals surface area contributed by atoms with Gasteiger partial charge >= 0.3 is 6.09 Å². The molecule has 2 aromatic carbocycles. The molecular formula is C23H28FN3O4S. The molecule has 0 fully saturated rings. The Bertz CT molecular complexity index is 989. The zero-order valence-electron chi connectivity index (χ0n) is 18.7. The summed E-state index contributed by atoms with van der Waals surface area (Å²) in [4.78, 5) is 37.4. The molecular weight excluding hydrogens is 433 g/mol. The molecule has 2 aromatic rings. The fourth-order valence-corrected chi connectivity index (χ4v) is 3.46. The summed E-state index contributed by atoms with van der Waals surface area (Å²) < 4.78 is 19.3. The van der Waals surface area contributed by atoms with E-state index >= 15 is 0 Å². The van der Waals surface area contributed by atoms with Gasteiger partial charge in [0, 0.05) is 16.6 Å². The van der Waals surface area contributed by atoms with E-state index in [0.717, 1.165) is 6.07 Å². The van der Waals surface area contributed by atoms with Gasteiger partial charge in [0.2, 0.25) is 5.91 Å². The third-order valence-corrected chi connectivity index (χ3v) is 4.87. The summed E-state index contributed by atoms with van der Waals surface area (Å²) in [6.07, 6.45) is -0.804. The predicted molar refractivity (Wildman–Crippen MR) is 125 cm³/mol. The Balaban J connectivity index is 2.11. The van der Waals surface area contributed by atoms with Crippen LogP contribution in [0.1, 0.15) is 45.0 Å². The van der Waals surface area contributed by atoms with Crippen molar-refractivity contribution >= 4 is 41.0 Å². The molecule has 2 rings (SSSR count). The smallest absolute Gasteiger partial charge is 0.412 e. The topological polar surface area (TPSA) is 96.5 Å². The Labute approximate surface area is 191 Å². The first-order chi connectivity index (χ1) is 14.9. The van der Waals surface area contributed by atoms with E-state index in [1.807, 2.05) is 13.8 Å². The maximum Gasteiger partial charge on any atom is 0.412 e. The number of benzene rings is 2. The van der Waals surface area contributed by atoms with E-state index in [4.69, 9.17) is 4.74 Å². The van der Waals surface area contributed by atoms with Crippen LogP contribution in [-0.2, 0) is 9.53 Å². The van der Waals surface area contributed by atoms with Crippen LogP contribution in [0.15, 0.2) is 47.4 Å². The summed E-state index contributed by atoms with van der Waals surface area (Å²) >= 11 is 1.25. The number of rotatable bonds is 7. The molecule has 0 atom stereocenters. The first-order valence-corrected chi connectivity index (χ1v) is 11.1. The highest BCUT2D eigenvalue weighted by Gasteiger charge is 2.18. The fourth-order valence-electron chi connectivity index (χ4n) is 2.60. The van der Waals surface area contributed by atoms with Gasteiger partial charge in [-0.2, -0.15) is 0 Å². The standard InChI is InChI=1S/C23H28FN3O4S/c1-14(2)25-20(28)13-32-19-9-7-6-8-16(19)21(29)26-15-10-11-17(24)18(12-15)27-22(30)31-23(3,4)5/h6-12,14H,13H2,1-5H3,(H,25,28)(H,26,29)(H,27,30). The normalized spacial score (nSPS) is 11.1. The molecule has 0 unspecified atom stereocenters. The number of hydrogen-bond donors (Lipinski definition) is 3. The molecule has 9 heteroatoms. The predicted octanol–water partition coefficient (Wildman–Crippen LogP) is 5.04. The number of amides is 3. The van der Waals surface area contributed by atoms with Crippen molar-refractivity contribution in [2.45, 2.75) is 51.2 Å². The highest BCUT2D eigenvalue weighted by Crippen LogP contribution is 2.25. The van der Waals surface area contributed by atoms with Crippen molar-refractivity contribution in [3.63, 3.8) is 0 Å². The van der Waals surface area contributed by atoms with Crippen molar-refractivity contribution in [2.24, 2.45) is 0 Å². The zero-order valence-corrected chi connectivity index (χ0v) is 19.6. The molecule has 0 aromatic heterocycles. The van der Waals surface area contributed by atoms with E-state index in [2.05, 4.69) is 16.0 Å². The molecule has 3 N–H and O–H groups in total. The van der Waals surface area contributed by atoms with E-state index < -0.39 is 23.4 Å². The van der Waals surface area contributed by atoms with Gasteiger partial charge in [0.1, 0.15) is 11.4 Å². The van der Waals surface area contributed by atoms with Gasteiger partial charge < -0.3 is 15.4 Å². The Hall–Kier alpha value is -3.07. The minimum Gasteiger partial charge on any atom is -0.444 e. The Morgan fingerprint density at radius 2 is 1.75 bits per heavy atom. The molecule has 0 saturated carbocycles. The average Bonchev–Trinajstić information content (AvgIpc) is 2.67. The number of carbonyl (C=O) groups excluding carboxylic acids is 3. The van der Waals surface area contributed by atoms with E-state index in [1.54, 1.807) is 45.0 Å². The second-order valence-corrected chi connectivity index (χ2v) is 9.30. The second kappa shape index (κ2) is 11.0. The molecule has 0 bridgehead atoms. The van der Waals surface area contributed by atoms with E-state index in [0.29, 0.717) is 16.1 Å². The molecule has 32 heavy (non-hydrogen) atoms. The van der Waals surface area contributed by atoms with E-state index in [9.17, 15) is 18.8 Å². The lowest BCUT2D eigenvalue weighted by atomic mass is 10.2. The molecule has 7 nitrogen and oxygen atoms in total. The highest BCUT2D eigenvalue weighted by atomic mass is 32.2. The molecule has 172 valence electrons. The van der Waals surface area contributed by atoms with Gasteiger partial charge in [-0.05, 0) is 65.0 Å². The van der Waals surface area contributed by atoms with Crippen LogP contribution in [0.25, 0.3) is 0 Å².